The molecule has 4 rings (SSSR count). The van der Waals surface area contributed by atoms with Gasteiger partial charge in [-0.15, -0.1) is 4.40 Å². The molecule has 1 aliphatic heterocycles. The van der Waals surface area contributed by atoms with E-state index in [1.54, 1.807) is 18.2 Å². The van der Waals surface area contributed by atoms with Crippen LogP contribution in [0.4, 0.5) is 5.69 Å². The molecule has 3 aromatic rings. The fourth-order valence-electron chi connectivity index (χ4n) is 3.11. The van der Waals surface area contributed by atoms with E-state index in [-0.39, 0.29) is 10.7 Å². The average Bonchev–Trinajstić information content (AvgIpc) is 2.65. The molecule has 0 bridgehead atoms. The number of ether oxygens (including phenoxy) is 2. The number of nitrogens with one attached hydrogen (secondary N) is 1. The Morgan fingerprint density at radius 2 is 1.69 bits per heavy atom. The second-order valence-electron chi connectivity index (χ2n) is 5.74. The zero-order valence-corrected chi connectivity index (χ0v) is 15.0. The predicted molar refractivity (Wildman–Crippen MR) is 101 cm³/mol. The fraction of sp³-hybridized carbons (Fsp3) is 0.105. The molecule has 0 spiro atoms. The van der Waals surface area contributed by atoms with Crippen molar-refractivity contribution in [1.29, 1.82) is 0 Å². The van der Waals surface area contributed by atoms with Gasteiger partial charge in [-0.25, -0.2) is 0 Å². The van der Waals surface area contributed by atoms with Crippen LogP contribution < -0.4 is 14.8 Å². The van der Waals surface area contributed by atoms with Crippen LogP contribution in [0.3, 0.4) is 0 Å². The monoisotopic (exact) mass is 368 g/mol. The molecular weight excluding hydrogens is 352 g/mol. The van der Waals surface area contributed by atoms with Crippen molar-refractivity contribution in [1.82, 2.24) is 0 Å². The number of para-hydroxylation sites is 1. The molecule has 0 saturated carbocycles. The quantitative estimate of drug-likeness (QED) is 0.766. The summed E-state index contributed by atoms with van der Waals surface area (Å²) in [5.41, 5.74) is 0.932. The predicted octanol–water partition coefficient (Wildman–Crippen LogP) is 3.42. The van der Waals surface area contributed by atoms with Gasteiger partial charge in [-0.05, 0) is 23.6 Å². The SMILES string of the molecule is COc1cc2ccccc2c(OC)c1C1=NS(=O)(=O)c2ccccc2N1. The van der Waals surface area contributed by atoms with Gasteiger partial charge in [-0.1, -0.05) is 36.4 Å². The molecule has 7 heteroatoms. The van der Waals surface area contributed by atoms with E-state index in [4.69, 9.17) is 9.47 Å². The van der Waals surface area contributed by atoms with Crippen molar-refractivity contribution in [2.45, 2.75) is 4.90 Å². The van der Waals surface area contributed by atoms with Crippen molar-refractivity contribution in [2.75, 3.05) is 19.5 Å². The molecule has 0 fully saturated rings. The molecule has 1 N–H and O–H groups in total. The van der Waals surface area contributed by atoms with Crippen LogP contribution in [0.2, 0.25) is 0 Å². The summed E-state index contributed by atoms with van der Waals surface area (Å²) in [6.45, 7) is 0. The highest BCUT2D eigenvalue weighted by molar-refractivity contribution is 7.90. The molecule has 26 heavy (non-hydrogen) atoms. The van der Waals surface area contributed by atoms with Crippen molar-refractivity contribution < 1.29 is 17.9 Å². The molecule has 0 saturated heterocycles. The van der Waals surface area contributed by atoms with Gasteiger partial charge >= 0.3 is 0 Å². The first-order valence-electron chi connectivity index (χ1n) is 7.90. The smallest absolute Gasteiger partial charge is 0.286 e. The maximum Gasteiger partial charge on any atom is 0.286 e. The number of fused-ring (bicyclic) bond motifs is 2. The molecule has 132 valence electrons. The summed E-state index contributed by atoms with van der Waals surface area (Å²) in [5.74, 6) is 1.14. The average molecular weight is 368 g/mol. The number of methoxy groups -OCH3 is 2. The second kappa shape index (κ2) is 6.03. The lowest BCUT2D eigenvalue weighted by molar-refractivity contribution is 0.396. The molecule has 0 amide bonds. The van der Waals surface area contributed by atoms with Crippen molar-refractivity contribution >= 4 is 32.3 Å². The Morgan fingerprint density at radius 3 is 2.46 bits per heavy atom. The fourth-order valence-corrected chi connectivity index (χ4v) is 4.23. The third-order valence-corrected chi connectivity index (χ3v) is 5.59. The summed E-state index contributed by atoms with van der Waals surface area (Å²) < 4.78 is 40.3. The molecule has 0 aliphatic carbocycles. The molecule has 0 atom stereocenters. The number of amidine groups is 1. The van der Waals surface area contributed by atoms with Gasteiger partial charge in [0.05, 0.1) is 19.9 Å². The van der Waals surface area contributed by atoms with E-state index >= 15 is 0 Å². The Morgan fingerprint density at radius 1 is 0.962 bits per heavy atom. The minimum Gasteiger partial charge on any atom is -0.496 e. The molecule has 6 nitrogen and oxygen atoms in total. The first-order chi connectivity index (χ1) is 12.5. The van der Waals surface area contributed by atoms with Gasteiger partial charge in [-0.3, -0.25) is 0 Å². The summed E-state index contributed by atoms with van der Waals surface area (Å²) in [7, 11) is -0.763. The summed E-state index contributed by atoms with van der Waals surface area (Å²) in [6, 6.07) is 16.1. The van der Waals surface area contributed by atoms with E-state index < -0.39 is 10.0 Å². The molecular formula is C19H16N2O4S. The highest BCUT2D eigenvalue weighted by Gasteiger charge is 2.29. The summed E-state index contributed by atoms with van der Waals surface area (Å²) in [6.07, 6.45) is 0. The molecule has 1 heterocycles. The molecule has 0 radical (unpaired) electrons. The third kappa shape index (κ3) is 2.48. The number of benzene rings is 3. The first-order valence-corrected chi connectivity index (χ1v) is 9.34. The van der Waals surface area contributed by atoms with E-state index in [0.29, 0.717) is 22.7 Å². The van der Waals surface area contributed by atoms with Crippen LogP contribution >= 0.6 is 0 Å². The van der Waals surface area contributed by atoms with Crippen molar-refractivity contribution in [3.05, 3.63) is 60.2 Å². The highest BCUT2D eigenvalue weighted by atomic mass is 32.2. The van der Waals surface area contributed by atoms with Crippen LogP contribution in [0.5, 0.6) is 11.5 Å². The Balaban J connectivity index is 2.02. The number of sulfonamides is 1. The minimum absolute atomic E-state index is 0.141. The van der Waals surface area contributed by atoms with E-state index in [1.807, 2.05) is 30.3 Å². The Kier molecular flexibility index (Phi) is 3.81. The zero-order valence-electron chi connectivity index (χ0n) is 14.2. The van der Waals surface area contributed by atoms with Crippen LogP contribution in [-0.2, 0) is 10.0 Å². The van der Waals surface area contributed by atoms with Gasteiger partial charge in [0.25, 0.3) is 10.0 Å². The van der Waals surface area contributed by atoms with Crippen LogP contribution in [0.1, 0.15) is 5.56 Å². The van der Waals surface area contributed by atoms with Gasteiger partial charge < -0.3 is 14.8 Å². The zero-order chi connectivity index (χ0) is 18.3. The second-order valence-corrected chi connectivity index (χ2v) is 7.32. The number of hydrogen-bond donors (Lipinski definition) is 1. The van der Waals surface area contributed by atoms with E-state index in [9.17, 15) is 8.42 Å². The lowest BCUT2D eigenvalue weighted by Gasteiger charge is -2.22. The van der Waals surface area contributed by atoms with Gasteiger partial charge in [0.15, 0.2) is 5.84 Å². The number of nitrogens with zero attached hydrogens (tertiary/aromatic N) is 1. The molecule has 0 aromatic heterocycles. The Bertz CT molecular complexity index is 1150. The maximum atomic E-state index is 12.6. The highest BCUT2D eigenvalue weighted by Crippen LogP contribution is 2.39. The standard InChI is InChI=1S/C19H16N2O4S/c1-24-15-11-12-7-3-4-8-13(12)18(25-2)17(15)19-20-14-9-5-6-10-16(14)26(22,23)21-19/h3-11H,1-2H3,(H,20,21). The third-order valence-electron chi connectivity index (χ3n) is 4.26. The van der Waals surface area contributed by atoms with Crippen LogP contribution in [0.25, 0.3) is 10.8 Å². The van der Waals surface area contributed by atoms with Gasteiger partial charge in [0.1, 0.15) is 22.0 Å². The van der Waals surface area contributed by atoms with Gasteiger partial charge in [0.2, 0.25) is 0 Å². The molecule has 3 aromatic carbocycles. The van der Waals surface area contributed by atoms with Gasteiger partial charge in [-0.2, -0.15) is 8.42 Å². The summed E-state index contributed by atoms with van der Waals surface area (Å²) in [5, 5.41) is 4.85. The lowest BCUT2D eigenvalue weighted by atomic mass is 10.0. The van der Waals surface area contributed by atoms with Crippen molar-refractivity contribution in [2.24, 2.45) is 4.40 Å². The molecule has 0 unspecified atom stereocenters. The van der Waals surface area contributed by atoms with Crippen molar-refractivity contribution in [3.63, 3.8) is 0 Å². The first kappa shape index (κ1) is 16.4. The Hall–Kier alpha value is -3.06. The summed E-state index contributed by atoms with van der Waals surface area (Å²) in [4.78, 5) is 0.141. The lowest BCUT2D eigenvalue weighted by Crippen LogP contribution is -2.23. The largest absolute Gasteiger partial charge is 0.496 e. The maximum absolute atomic E-state index is 12.6. The summed E-state index contributed by atoms with van der Waals surface area (Å²) >= 11 is 0. The van der Waals surface area contributed by atoms with Crippen LogP contribution in [0, 0.1) is 0 Å². The van der Waals surface area contributed by atoms with Gasteiger partial charge in [0, 0.05) is 5.39 Å². The minimum atomic E-state index is -3.83. The number of rotatable bonds is 3. The van der Waals surface area contributed by atoms with Crippen LogP contribution in [0.15, 0.2) is 63.9 Å². The van der Waals surface area contributed by atoms with Crippen LogP contribution in [-0.4, -0.2) is 28.5 Å². The molecule has 1 aliphatic rings. The Labute approximate surface area is 151 Å². The normalized spacial score (nSPS) is 14.9. The number of hydrogen-bond acceptors (Lipinski definition) is 5. The van der Waals surface area contributed by atoms with E-state index in [2.05, 4.69) is 9.71 Å². The van der Waals surface area contributed by atoms with E-state index in [1.165, 1.54) is 20.3 Å². The van der Waals surface area contributed by atoms with Crippen molar-refractivity contribution in [3.8, 4) is 11.5 Å². The van der Waals surface area contributed by atoms with E-state index in [0.717, 1.165) is 10.8 Å². The number of anilines is 1. The topological polar surface area (TPSA) is 77.0 Å².